The minimum absolute atomic E-state index is 0.263. The molecule has 0 unspecified atom stereocenters. The van der Waals surface area contributed by atoms with Crippen LogP contribution in [-0.4, -0.2) is 6.54 Å². The fraction of sp³-hybridized carbons (Fsp3) is 0.538. The molecule has 2 rings (SSSR count). The van der Waals surface area contributed by atoms with Crippen molar-refractivity contribution in [2.45, 2.75) is 32.7 Å². The summed E-state index contributed by atoms with van der Waals surface area (Å²) in [4.78, 5) is 0. The molecule has 1 saturated carbocycles. The Morgan fingerprint density at radius 3 is 2.69 bits per heavy atom. The molecule has 0 saturated heterocycles. The Morgan fingerprint density at radius 1 is 1.38 bits per heavy atom. The summed E-state index contributed by atoms with van der Waals surface area (Å²) >= 11 is 5.79. The molecule has 1 aromatic carbocycles. The molecular weight excluding hydrogens is 225 g/mol. The van der Waals surface area contributed by atoms with Crippen LogP contribution in [0, 0.1) is 11.2 Å². The van der Waals surface area contributed by atoms with E-state index in [4.69, 9.17) is 11.6 Å². The molecule has 88 valence electrons. The average molecular weight is 242 g/mol. The fourth-order valence-corrected chi connectivity index (χ4v) is 2.26. The van der Waals surface area contributed by atoms with Crippen LogP contribution in [0.5, 0.6) is 0 Å². The Morgan fingerprint density at radius 2 is 2.12 bits per heavy atom. The molecule has 3 heteroatoms. The normalized spacial score (nSPS) is 17.4. The summed E-state index contributed by atoms with van der Waals surface area (Å²) in [6.07, 6.45) is 3.87. The van der Waals surface area contributed by atoms with Gasteiger partial charge in [-0.2, -0.15) is 0 Å². The molecular formula is C13H17ClFN. The lowest BCUT2D eigenvalue weighted by Crippen LogP contribution is -2.23. The molecule has 0 atom stereocenters. The molecule has 0 heterocycles. The van der Waals surface area contributed by atoms with Gasteiger partial charge in [0.1, 0.15) is 5.82 Å². The summed E-state index contributed by atoms with van der Waals surface area (Å²) in [6.45, 7) is 3.95. The van der Waals surface area contributed by atoms with E-state index in [2.05, 4.69) is 12.2 Å². The Labute approximate surface area is 101 Å². The molecule has 0 spiro atoms. The van der Waals surface area contributed by atoms with Crippen LogP contribution >= 0.6 is 11.6 Å². The molecule has 1 nitrogen and oxygen atoms in total. The maximum absolute atomic E-state index is 13.1. The van der Waals surface area contributed by atoms with E-state index in [0.717, 1.165) is 12.1 Å². The van der Waals surface area contributed by atoms with Gasteiger partial charge < -0.3 is 5.32 Å². The summed E-state index contributed by atoms with van der Waals surface area (Å²) < 4.78 is 13.1. The lowest BCUT2D eigenvalue weighted by Gasteiger charge is -2.13. The summed E-state index contributed by atoms with van der Waals surface area (Å²) in [5.41, 5.74) is 1.44. The van der Waals surface area contributed by atoms with Gasteiger partial charge >= 0.3 is 0 Å². The second-order valence-electron chi connectivity index (χ2n) is 4.73. The molecule has 16 heavy (non-hydrogen) atoms. The Hall–Kier alpha value is -0.600. The van der Waals surface area contributed by atoms with Gasteiger partial charge in [0, 0.05) is 18.1 Å². The summed E-state index contributed by atoms with van der Waals surface area (Å²) in [7, 11) is 0. The van der Waals surface area contributed by atoms with Crippen molar-refractivity contribution in [1.29, 1.82) is 0 Å². The third-order valence-electron chi connectivity index (χ3n) is 3.46. The van der Waals surface area contributed by atoms with E-state index < -0.39 is 0 Å². The monoisotopic (exact) mass is 241 g/mol. The van der Waals surface area contributed by atoms with Crippen LogP contribution in [0.3, 0.4) is 0 Å². The maximum Gasteiger partial charge on any atom is 0.125 e. The van der Waals surface area contributed by atoms with E-state index in [1.165, 1.54) is 31.4 Å². The SMILES string of the molecule is CCC1(CNCc2cc(F)cc(Cl)c2)CC1. The number of hydrogen-bond acceptors (Lipinski definition) is 1. The lowest BCUT2D eigenvalue weighted by molar-refractivity contribution is 0.443. The highest BCUT2D eigenvalue weighted by Crippen LogP contribution is 2.47. The first-order valence-electron chi connectivity index (χ1n) is 5.79. The van der Waals surface area contributed by atoms with Gasteiger partial charge in [-0.25, -0.2) is 4.39 Å². The van der Waals surface area contributed by atoms with Gasteiger partial charge in [0.05, 0.1) is 0 Å². The Bertz CT molecular complexity index is 354. The van der Waals surface area contributed by atoms with E-state index in [1.807, 2.05) is 6.07 Å². The molecule has 1 aliphatic rings. The molecule has 0 bridgehead atoms. The zero-order valence-electron chi connectivity index (χ0n) is 9.52. The zero-order valence-corrected chi connectivity index (χ0v) is 10.3. The quantitative estimate of drug-likeness (QED) is 0.828. The standard InChI is InChI=1S/C13H17ClFN/c1-2-13(3-4-13)9-16-8-10-5-11(14)7-12(15)6-10/h5-7,16H,2-4,8-9H2,1H3. The zero-order chi connectivity index (χ0) is 11.6. The maximum atomic E-state index is 13.1. The van der Waals surface area contributed by atoms with Crippen LogP contribution in [0.15, 0.2) is 18.2 Å². The number of nitrogens with one attached hydrogen (secondary N) is 1. The summed E-state index contributed by atoms with van der Waals surface area (Å²) in [5, 5.41) is 3.85. The van der Waals surface area contributed by atoms with Crippen molar-refractivity contribution in [2.75, 3.05) is 6.54 Å². The number of hydrogen-bond donors (Lipinski definition) is 1. The highest BCUT2D eigenvalue weighted by molar-refractivity contribution is 6.30. The van der Waals surface area contributed by atoms with Gasteiger partial charge in [-0.15, -0.1) is 0 Å². The third kappa shape index (κ3) is 2.96. The highest BCUT2D eigenvalue weighted by atomic mass is 35.5. The molecule has 0 aromatic heterocycles. The first kappa shape index (κ1) is 11.9. The van der Waals surface area contributed by atoms with Crippen LogP contribution in [-0.2, 0) is 6.54 Å². The van der Waals surface area contributed by atoms with Gasteiger partial charge in [-0.1, -0.05) is 18.5 Å². The smallest absolute Gasteiger partial charge is 0.125 e. The largest absolute Gasteiger partial charge is 0.312 e. The number of rotatable bonds is 5. The predicted molar refractivity (Wildman–Crippen MR) is 65.1 cm³/mol. The molecule has 1 aromatic rings. The fourth-order valence-electron chi connectivity index (χ4n) is 2.02. The number of halogens is 2. The van der Waals surface area contributed by atoms with E-state index in [0.29, 0.717) is 17.0 Å². The molecule has 0 amide bonds. The number of benzene rings is 1. The van der Waals surface area contributed by atoms with Crippen molar-refractivity contribution in [3.05, 3.63) is 34.6 Å². The van der Waals surface area contributed by atoms with Gasteiger partial charge in [-0.3, -0.25) is 0 Å². The van der Waals surface area contributed by atoms with E-state index in [1.54, 1.807) is 0 Å². The van der Waals surface area contributed by atoms with Crippen LogP contribution in [0.4, 0.5) is 4.39 Å². The minimum atomic E-state index is -0.263. The van der Waals surface area contributed by atoms with Crippen molar-refractivity contribution < 1.29 is 4.39 Å². The van der Waals surface area contributed by atoms with Crippen LogP contribution in [0.25, 0.3) is 0 Å². The summed E-state index contributed by atoms with van der Waals surface area (Å²) in [5.74, 6) is -0.263. The topological polar surface area (TPSA) is 12.0 Å². The first-order chi connectivity index (χ1) is 7.63. The molecule has 0 radical (unpaired) electrons. The van der Waals surface area contributed by atoms with Gasteiger partial charge in [0.15, 0.2) is 0 Å². The van der Waals surface area contributed by atoms with Crippen molar-refractivity contribution in [3.63, 3.8) is 0 Å². The van der Waals surface area contributed by atoms with Crippen molar-refractivity contribution in [2.24, 2.45) is 5.41 Å². The average Bonchev–Trinajstić information content (AvgIpc) is 2.97. The van der Waals surface area contributed by atoms with Crippen LogP contribution in [0.2, 0.25) is 5.02 Å². The minimum Gasteiger partial charge on any atom is -0.312 e. The summed E-state index contributed by atoms with van der Waals surface area (Å²) in [6, 6.07) is 4.67. The third-order valence-corrected chi connectivity index (χ3v) is 3.68. The van der Waals surface area contributed by atoms with E-state index >= 15 is 0 Å². The van der Waals surface area contributed by atoms with E-state index in [9.17, 15) is 4.39 Å². The second-order valence-corrected chi connectivity index (χ2v) is 5.17. The van der Waals surface area contributed by atoms with Crippen LogP contribution < -0.4 is 5.32 Å². The highest BCUT2D eigenvalue weighted by Gasteiger charge is 2.39. The van der Waals surface area contributed by atoms with Crippen molar-refractivity contribution in [1.82, 2.24) is 5.32 Å². The lowest BCUT2D eigenvalue weighted by atomic mass is 10.0. The van der Waals surface area contributed by atoms with E-state index in [-0.39, 0.29) is 5.82 Å². The Kier molecular flexibility index (Phi) is 3.50. The molecule has 1 fully saturated rings. The second kappa shape index (κ2) is 4.72. The van der Waals surface area contributed by atoms with Crippen molar-refractivity contribution >= 4 is 11.6 Å². The Balaban J connectivity index is 1.85. The first-order valence-corrected chi connectivity index (χ1v) is 6.17. The van der Waals surface area contributed by atoms with Gasteiger partial charge in [-0.05, 0) is 48.4 Å². The molecule has 1 aliphatic carbocycles. The van der Waals surface area contributed by atoms with Gasteiger partial charge in [0.25, 0.3) is 0 Å². The molecule has 1 N–H and O–H groups in total. The van der Waals surface area contributed by atoms with Crippen molar-refractivity contribution in [3.8, 4) is 0 Å². The molecule has 0 aliphatic heterocycles. The predicted octanol–water partition coefficient (Wildman–Crippen LogP) is 3.76. The van der Waals surface area contributed by atoms with Gasteiger partial charge in [0.2, 0.25) is 0 Å². The van der Waals surface area contributed by atoms with Crippen LogP contribution in [0.1, 0.15) is 31.7 Å².